The summed E-state index contributed by atoms with van der Waals surface area (Å²) < 4.78 is 1.71. The van der Waals surface area contributed by atoms with Crippen LogP contribution in [0.4, 0.5) is 5.69 Å². The molecule has 37 heavy (non-hydrogen) atoms. The molecule has 0 saturated carbocycles. The van der Waals surface area contributed by atoms with E-state index >= 15 is 0 Å². The highest BCUT2D eigenvalue weighted by Gasteiger charge is 2.16. The van der Waals surface area contributed by atoms with E-state index in [0.717, 1.165) is 48.2 Å². The summed E-state index contributed by atoms with van der Waals surface area (Å²) in [6.07, 6.45) is 3.85. The Morgan fingerprint density at radius 2 is 1.43 bits per heavy atom. The number of fused-ring (bicyclic) bond motifs is 2. The van der Waals surface area contributed by atoms with E-state index in [1.165, 1.54) is 5.69 Å². The first-order valence-corrected chi connectivity index (χ1v) is 12.9. The van der Waals surface area contributed by atoms with E-state index < -0.39 is 0 Å². The number of likely N-dealkylation sites (N-methyl/N-ethyl adjacent to an activating group) is 1. The number of anilines is 1. The summed E-state index contributed by atoms with van der Waals surface area (Å²) in [5.41, 5.74) is 3.54. The molecule has 1 fully saturated rings. The Labute approximate surface area is 220 Å². The Balaban J connectivity index is 1.47. The topological polar surface area (TPSA) is 41.4 Å². The Hall–Kier alpha value is -3.93. The first kappa shape index (κ1) is 23.5. The third-order valence-corrected chi connectivity index (χ3v) is 7.28. The average molecular weight is 507 g/mol. The smallest absolute Gasteiger partial charge is 0.266 e. The molecule has 6 rings (SSSR count). The van der Waals surface area contributed by atoms with Crippen LogP contribution in [0.25, 0.3) is 39.5 Å². The van der Waals surface area contributed by atoms with E-state index in [0.29, 0.717) is 21.7 Å². The maximum atomic E-state index is 13.9. The van der Waals surface area contributed by atoms with Gasteiger partial charge in [-0.25, -0.2) is 4.98 Å². The molecule has 0 atom stereocenters. The van der Waals surface area contributed by atoms with Gasteiger partial charge in [0.1, 0.15) is 5.82 Å². The van der Waals surface area contributed by atoms with E-state index in [2.05, 4.69) is 29.0 Å². The molecule has 4 aromatic carbocycles. The molecule has 1 aliphatic rings. The first-order valence-electron chi connectivity index (χ1n) is 12.5. The van der Waals surface area contributed by atoms with Crippen LogP contribution < -0.4 is 10.5 Å². The molecule has 6 heteroatoms. The normalized spacial score (nSPS) is 14.7. The highest BCUT2D eigenvalue weighted by molar-refractivity contribution is 6.30. The molecule has 0 aliphatic carbocycles. The number of nitrogens with zero attached hydrogens (tertiary/aromatic N) is 4. The summed E-state index contributed by atoms with van der Waals surface area (Å²) in [7, 11) is 2.15. The highest BCUT2D eigenvalue weighted by Crippen LogP contribution is 2.24. The lowest BCUT2D eigenvalue weighted by molar-refractivity contribution is 0.313. The van der Waals surface area contributed by atoms with Gasteiger partial charge >= 0.3 is 0 Å². The largest absolute Gasteiger partial charge is 0.369 e. The van der Waals surface area contributed by atoms with E-state index in [1.54, 1.807) is 4.57 Å². The van der Waals surface area contributed by atoms with Crippen molar-refractivity contribution in [3.8, 4) is 5.69 Å². The van der Waals surface area contributed by atoms with Crippen LogP contribution in [-0.4, -0.2) is 47.7 Å². The summed E-state index contributed by atoms with van der Waals surface area (Å²) in [5, 5.41) is 3.37. The van der Waals surface area contributed by atoms with Gasteiger partial charge in [-0.15, -0.1) is 0 Å². The molecule has 184 valence electrons. The number of hydrogen-bond donors (Lipinski definition) is 0. The van der Waals surface area contributed by atoms with E-state index in [9.17, 15) is 4.79 Å². The maximum absolute atomic E-state index is 13.9. The second-order valence-electron chi connectivity index (χ2n) is 9.52. The zero-order valence-electron chi connectivity index (χ0n) is 20.6. The Bertz CT molecular complexity index is 1670. The van der Waals surface area contributed by atoms with Gasteiger partial charge in [-0.05, 0) is 78.0 Å². The zero-order chi connectivity index (χ0) is 25.4. The quantitative estimate of drug-likeness (QED) is 0.276. The van der Waals surface area contributed by atoms with Crippen LogP contribution in [-0.2, 0) is 0 Å². The SMILES string of the molecule is CN1CCN(c2ccc(-n3c(/C=C/c4ccc(Cl)cc4)nc4cc5ccccc5cc4c3=O)cc2)CC1. The summed E-state index contributed by atoms with van der Waals surface area (Å²) in [6.45, 7) is 4.08. The van der Waals surface area contributed by atoms with Gasteiger partial charge in [0.2, 0.25) is 0 Å². The standard InChI is InChI=1S/C31H27ClN4O/c1-34-16-18-35(19-17-34)26-11-13-27(14-12-26)36-30(15-8-22-6-9-25(32)10-7-22)33-29-21-24-5-3-2-4-23(24)20-28(29)31(36)37/h2-15,20-21H,16-19H2,1H3/b15-8+. The van der Waals surface area contributed by atoms with Gasteiger partial charge in [0.05, 0.1) is 16.6 Å². The second-order valence-corrected chi connectivity index (χ2v) is 9.96. The molecule has 1 saturated heterocycles. The number of halogens is 1. The number of rotatable bonds is 4. The third-order valence-electron chi connectivity index (χ3n) is 7.03. The van der Waals surface area contributed by atoms with Gasteiger partial charge in [-0.2, -0.15) is 0 Å². The molecule has 0 bridgehead atoms. The van der Waals surface area contributed by atoms with E-state index in [-0.39, 0.29) is 5.56 Å². The minimum absolute atomic E-state index is 0.0844. The van der Waals surface area contributed by atoms with Crippen LogP contribution in [0.1, 0.15) is 11.4 Å². The Kier molecular flexibility index (Phi) is 6.25. The lowest BCUT2D eigenvalue weighted by Crippen LogP contribution is -2.44. The number of benzene rings is 4. The number of piperazine rings is 1. The monoisotopic (exact) mass is 506 g/mol. The molecule has 0 unspecified atom stereocenters. The van der Waals surface area contributed by atoms with Crippen molar-refractivity contribution in [1.29, 1.82) is 0 Å². The number of hydrogen-bond acceptors (Lipinski definition) is 4. The lowest BCUT2D eigenvalue weighted by Gasteiger charge is -2.34. The molecule has 0 N–H and O–H groups in total. The zero-order valence-corrected chi connectivity index (χ0v) is 21.4. The molecular formula is C31H27ClN4O. The third kappa shape index (κ3) is 4.76. The van der Waals surface area contributed by atoms with Crippen LogP contribution in [0.15, 0.2) is 89.7 Å². The highest BCUT2D eigenvalue weighted by atomic mass is 35.5. The minimum atomic E-state index is -0.0844. The molecular weight excluding hydrogens is 480 g/mol. The van der Waals surface area contributed by atoms with Crippen molar-refractivity contribution in [2.75, 3.05) is 38.1 Å². The molecule has 5 nitrogen and oxygen atoms in total. The lowest BCUT2D eigenvalue weighted by atomic mass is 10.1. The van der Waals surface area contributed by atoms with Gasteiger partial charge in [-0.1, -0.05) is 54.1 Å². The van der Waals surface area contributed by atoms with Crippen molar-refractivity contribution in [1.82, 2.24) is 14.5 Å². The molecule has 1 aliphatic heterocycles. The predicted octanol–water partition coefficient (Wildman–Crippen LogP) is 6.11. The summed E-state index contributed by atoms with van der Waals surface area (Å²) in [5.74, 6) is 0.579. The average Bonchev–Trinajstić information content (AvgIpc) is 2.93. The predicted molar refractivity (Wildman–Crippen MR) is 155 cm³/mol. The number of aromatic nitrogens is 2. The molecule has 0 amide bonds. The molecule has 0 spiro atoms. The van der Waals surface area contributed by atoms with Crippen molar-refractivity contribution in [3.63, 3.8) is 0 Å². The van der Waals surface area contributed by atoms with Crippen molar-refractivity contribution >= 4 is 51.1 Å². The Morgan fingerprint density at radius 3 is 2.14 bits per heavy atom. The summed E-state index contributed by atoms with van der Waals surface area (Å²) >= 11 is 6.06. The van der Waals surface area contributed by atoms with Crippen molar-refractivity contribution in [2.24, 2.45) is 0 Å². The second kappa shape index (κ2) is 9.85. The van der Waals surface area contributed by atoms with Gasteiger partial charge in [0.25, 0.3) is 5.56 Å². The summed E-state index contributed by atoms with van der Waals surface area (Å²) in [6, 6.07) is 27.8. The van der Waals surface area contributed by atoms with Crippen molar-refractivity contribution in [2.45, 2.75) is 0 Å². The Morgan fingerprint density at radius 1 is 0.784 bits per heavy atom. The van der Waals surface area contributed by atoms with E-state index in [4.69, 9.17) is 16.6 Å². The van der Waals surface area contributed by atoms with E-state index in [1.807, 2.05) is 84.9 Å². The summed E-state index contributed by atoms with van der Waals surface area (Å²) in [4.78, 5) is 23.6. The fourth-order valence-corrected chi connectivity index (χ4v) is 5.00. The van der Waals surface area contributed by atoms with Crippen LogP contribution in [0.3, 0.4) is 0 Å². The van der Waals surface area contributed by atoms with Gasteiger partial charge in [0, 0.05) is 36.9 Å². The van der Waals surface area contributed by atoms with Crippen LogP contribution in [0.2, 0.25) is 5.02 Å². The fraction of sp³-hybridized carbons (Fsp3) is 0.161. The van der Waals surface area contributed by atoms with Crippen molar-refractivity contribution in [3.05, 3.63) is 112 Å². The fourth-order valence-electron chi connectivity index (χ4n) is 4.87. The van der Waals surface area contributed by atoms with Crippen LogP contribution in [0, 0.1) is 0 Å². The van der Waals surface area contributed by atoms with Crippen LogP contribution in [0.5, 0.6) is 0 Å². The molecule has 5 aromatic rings. The minimum Gasteiger partial charge on any atom is -0.369 e. The van der Waals surface area contributed by atoms with Gasteiger partial charge in [-0.3, -0.25) is 9.36 Å². The van der Waals surface area contributed by atoms with Gasteiger partial charge < -0.3 is 9.80 Å². The van der Waals surface area contributed by atoms with Crippen molar-refractivity contribution < 1.29 is 0 Å². The molecule has 2 heterocycles. The van der Waals surface area contributed by atoms with Gasteiger partial charge in [0.15, 0.2) is 0 Å². The molecule has 0 radical (unpaired) electrons. The maximum Gasteiger partial charge on any atom is 0.266 e. The molecule has 1 aromatic heterocycles. The first-order chi connectivity index (χ1) is 18.0. The van der Waals surface area contributed by atoms with Crippen LogP contribution >= 0.6 is 11.6 Å².